The second kappa shape index (κ2) is 11.4. The van der Waals surface area contributed by atoms with E-state index in [1.807, 2.05) is 0 Å². The quantitative estimate of drug-likeness (QED) is 0.164. The van der Waals surface area contributed by atoms with Gasteiger partial charge in [0.25, 0.3) is 0 Å². The molecule has 0 bridgehead atoms. The number of aromatic amines is 2. The van der Waals surface area contributed by atoms with Gasteiger partial charge in [0.1, 0.15) is 18.1 Å². The van der Waals surface area contributed by atoms with E-state index in [1.54, 1.807) is 0 Å². The smallest absolute Gasteiger partial charge is 0.326 e. The van der Waals surface area contributed by atoms with Crippen LogP contribution in [-0.2, 0) is 32.0 Å². The molecule has 14 heteroatoms. The number of aliphatic hydroxyl groups excluding tert-OH is 1. The number of carboxylic acids is 1. The van der Waals surface area contributed by atoms with Crippen molar-refractivity contribution in [3.63, 3.8) is 0 Å². The van der Waals surface area contributed by atoms with Crippen LogP contribution in [-0.4, -0.2) is 85.1 Å². The summed E-state index contributed by atoms with van der Waals surface area (Å²) < 4.78 is 0. The van der Waals surface area contributed by atoms with Gasteiger partial charge in [-0.1, -0.05) is 0 Å². The van der Waals surface area contributed by atoms with Crippen molar-refractivity contribution in [2.75, 3.05) is 13.2 Å². The summed E-state index contributed by atoms with van der Waals surface area (Å²) in [6, 6.07) is -3.60. The van der Waals surface area contributed by atoms with Gasteiger partial charge in [-0.3, -0.25) is 14.4 Å². The fourth-order valence-corrected chi connectivity index (χ4v) is 2.54. The first-order valence-electron chi connectivity index (χ1n) is 9.21. The van der Waals surface area contributed by atoms with E-state index in [0.717, 1.165) is 0 Å². The minimum atomic E-state index is -1.27. The maximum absolute atomic E-state index is 12.8. The molecule has 2 aromatic heterocycles. The van der Waals surface area contributed by atoms with E-state index in [9.17, 15) is 24.3 Å². The number of carbonyl (C=O) groups excluding carboxylic acids is 3. The molecule has 0 aromatic carbocycles. The van der Waals surface area contributed by atoms with E-state index in [0.29, 0.717) is 11.4 Å². The number of hydrogen-bond donors (Lipinski definition) is 8. The van der Waals surface area contributed by atoms with E-state index in [4.69, 9.17) is 10.8 Å². The standard InChI is InChI=1S/C17H24N8O6/c18-11(6-26)15(28)21-5-14(27)24-12(1-9-3-19-7-22-9)16(29)25-13(17(30)31)2-10-4-20-8-23-10/h3-4,7-8,11-13,26H,1-2,5-6,18H2,(H,19,22)(H,20,23)(H,21,28)(H,24,27)(H,25,29)(H,30,31)/t11-,12-,13-/m0/s1. The molecule has 3 atom stereocenters. The van der Waals surface area contributed by atoms with Crippen LogP contribution in [0.1, 0.15) is 11.4 Å². The molecule has 0 saturated carbocycles. The fourth-order valence-electron chi connectivity index (χ4n) is 2.54. The number of aliphatic hydroxyl groups is 1. The van der Waals surface area contributed by atoms with Gasteiger partial charge in [-0.05, 0) is 0 Å². The molecular weight excluding hydrogens is 412 g/mol. The van der Waals surface area contributed by atoms with Crippen LogP contribution in [0.25, 0.3) is 0 Å². The zero-order valence-corrected chi connectivity index (χ0v) is 16.4. The highest BCUT2D eigenvalue weighted by Crippen LogP contribution is 2.03. The topological polar surface area (TPSA) is 228 Å². The number of carbonyl (C=O) groups is 4. The summed E-state index contributed by atoms with van der Waals surface area (Å²) in [5.74, 6) is -3.45. The Morgan fingerprint density at radius 3 is 2.03 bits per heavy atom. The Morgan fingerprint density at radius 2 is 1.55 bits per heavy atom. The van der Waals surface area contributed by atoms with Crippen molar-refractivity contribution in [3.05, 3.63) is 36.4 Å². The monoisotopic (exact) mass is 436 g/mol. The molecule has 0 aliphatic rings. The fraction of sp³-hybridized carbons (Fsp3) is 0.412. The van der Waals surface area contributed by atoms with Crippen LogP contribution in [0.3, 0.4) is 0 Å². The first kappa shape index (κ1) is 23.5. The number of imidazole rings is 2. The molecule has 9 N–H and O–H groups in total. The predicted octanol–water partition coefficient (Wildman–Crippen LogP) is -3.59. The third-order valence-electron chi connectivity index (χ3n) is 4.18. The van der Waals surface area contributed by atoms with Crippen LogP contribution >= 0.6 is 0 Å². The Kier molecular flexibility index (Phi) is 8.65. The highest BCUT2D eigenvalue weighted by molar-refractivity contribution is 5.92. The maximum atomic E-state index is 12.8. The molecule has 168 valence electrons. The summed E-state index contributed by atoms with van der Waals surface area (Å²) in [5, 5.41) is 25.3. The molecule has 31 heavy (non-hydrogen) atoms. The van der Waals surface area contributed by atoms with Crippen LogP contribution in [0.2, 0.25) is 0 Å². The van der Waals surface area contributed by atoms with Crippen molar-refractivity contribution in [2.45, 2.75) is 31.0 Å². The summed E-state index contributed by atoms with van der Waals surface area (Å²) in [6.45, 7) is -1.08. The summed E-state index contributed by atoms with van der Waals surface area (Å²) in [6.07, 6.45) is 5.62. The maximum Gasteiger partial charge on any atom is 0.326 e. The lowest BCUT2D eigenvalue weighted by molar-refractivity contribution is -0.142. The van der Waals surface area contributed by atoms with Gasteiger partial charge in [-0.15, -0.1) is 0 Å². The van der Waals surface area contributed by atoms with Crippen LogP contribution in [0, 0.1) is 0 Å². The molecular formula is C17H24N8O6. The number of nitrogens with one attached hydrogen (secondary N) is 5. The highest BCUT2D eigenvalue weighted by atomic mass is 16.4. The number of nitrogens with zero attached hydrogens (tertiary/aromatic N) is 2. The number of nitrogens with two attached hydrogens (primary N) is 1. The summed E-state index contributed by atoms with van der Waals surface area (Å²) >= 11 is 0. The minimum absolute atomic E-state index is 0.00191. The van der Waals surface area contributed by atoms with E-state index in [-0.39, 0.29) is 12.8 Å². The molecule has 0 spiro atoms. The van der Waals surface area contributed by atoms with Crippen LogP contribution in [0.5, 0.6) is 0 Å². The first-order valence-corrected chi connectivity index (χ1v) is 9.21. The third-order valence-corrected chi connectivity index (χ3v) is 4.18. The lowest BCUT2D eigenvalue weighted by Crippen LogP contribution is -2.55. The van der Waals surface area contributed by atoms with E-state index in [2.05, 4.69) is 35.9 Å². The second-order valence-corrected chi connectivity index (χ2v) is 6.59. The lowest BCUT2D eigenvalue weighted by Gasteiger charge is -2.21. The molecule has 14 nitrogen and oxygen atoms in total. The van der Waals surface area contributed by atoms with Gasteiger partial charge in [0, 0.05) is 36.6 Å². The van der Waals surface area contributed by atoms with Crippen molar-refractivity contribution < 1.29 is 29.4 Å². The number of hydrogen-bond acceptors (Lipinski definition) is 8. The number of aromatic nitrogens is 4. The van der Waals surface area contributed by atoms with E-state index >= 15 is 0 Å². The average Bonchev–Trinajstić information content (AvgIpc) is 3.44. The Balaban J connectivity index is 2.03. The van der Waals surface area contributed by atoms with Crippen LogP contribution in [0.4, 0.5) is 0 Å². The molecule has 2 heterocycles. The summed E-state index contributed by atoms with van der Waals surface area (Å²) in [4.78, 5) is 61.3. The molecule has 0 saturated heterocycles. The molecule has 0 aliphatic heterocycles. The summed E-state index contributed by atoms with van der Waals surface area (Å²) in [7, 11) is 0. The Hall–Kier alpha value is -3.78. The third kappa shape index (κ3) is 7.52. The number of amides is 3. The van der Waals surface area contributed by atoms with Gasteiger partial charge < -0.3 is 41.9 Å². The van der Waals surface area contributed by atoms with Gasteiger partial charge in [0.15, 0.2) is 0 Å². The number of carboxylic acid groups (broad SMARTS) is 1. The van der Waals surface area contributed by atoms with Gasteiger partial charge >= 0.3 is 5.97 Å². The zero-order valence-electron chi connectivity index (χ0n) is 16.4. The van der Waals surface area contributed by atoms with Crippen LogP contribution < -0.4 is 21.7 Å². The second-order valence-electron chi connectivity index (χ2n) is 6.59. The average molecular weight is 436 g/mol. The van der Waals surface area contributed by atoms with Gasteiger partial charge in [0.2, 0.25) is 17.7 Å². The molecule has 0 fully saturated rings. The van der Waals surface area contributed by atoms with Crippen molar-refractivity contribution in [3.8, 4) is 0 Å². The van der Waals surface area contributed by atoms with E-state index < -0.39 is 55.0 Å². The van der Waals surface area contributed by atoms with Crippen molar-refractivity contribution in [1.82, 2.24) is 35.9 Å². The normalized spacial score (nSPS) is 13.6. The Morgan fingerprint density at radius 1 is 0.968 bits per heavy atom. The van der Waals surface area contributed by atoms with Gasteiger partial charge in [-0.2, -0.15) is 0 Å². The lowest BCUT2D eigenvalue weighted by atomic mass is 10.1. The highest BCUT2D eigenvalue weighted by Gasteiger charge is 2.28. The molecule has 0 unspecified atom stereocenters. The van der Waals surface area contributed by atoms with Crippen molar-refractivity contribution in [2.24, 2.45) is 5.73 Å². The Bertz CT molecular complexity index is 869. The first-order chi connectivity index (χ1) is 14.8. The zero-order chi connectivity index (χ0) is 22.8. The molecule has 0 aliphatic carbocycles. The van der Waals surface area contributed by atoms with Gasteiger partial charge in [-0.25, -0.2) is 14.8 Å². The van der Waals surface area contributed by atoms with E-state index in [1.165, 1.54) is 25.0 Å². The SMILES string of the molecule is N[C@@H](CO)C(=O)NCC(=O)N[C@@H](Cc1cnc[nH]1)C(=O)N[C@@H](Cc1cnc[nH]1)C(=O)O. The largest absolute Gasteiger partial charge is 0.480 e. The molecule has 2 rings (SSSR count). The Labute approximate surface area is 176 Å². The predicted molar refractivity (Wildman–Crippen MR) is 104 cm³/mol. The molecule has 2 aromatic rings. The van der Waals surface area contributed by atoms with Crippen molar-refractivity contribution in [1.29, 1.82) is 0 Å². The van der Waals surface area contributed by atoms with Gasteiger partial charge in [0.05, 0.1) is 25.8 Å². The molecule has 3 amide bonds. The number of aliphatic carboxylic acids is 1. The van der Waals surface area contributed by atoms with Crippen LogP contribution in [0.15, 0.2) is 25.0 Å². The summed E-state index contributed by atoms with van der Waals surface area (Å²) in [5.41, 5.74) is 6.37. The number of H-pyrrole nitrogens is 2. The number of rotatable bonds is 12. The minimum Gasteiger partial charge on any atom is -0.480 e. The molecule has 0 radical (unpaired) electrons. The van der Waals surface area contributed by atoms with Crippen molar-refractivity contribution >= 4 is 23.7 Å².